The number of hydrogen-bond acceptors (Lipinski definition) is 8. The van der Waals surface area contributed by atoms with Crippen LogP contribution in [0, 0.1) is 6.92 Å². The molecule has 31 heavy (non-hydrogen) atoms. The van der Waals surface area contributed by atoms with Crippen LogP contribution in [0.25, 0.3) is 0 Å². The lowest BCUT2D eigenvalue weighted by Gasteiger charge is -2.19. The van der Waals surface area contributed by atoms with Gasteiger partial charge >= 0.3 is 0 Å². The molecule has 3 heterocycles. The number of hydrogen-bond donors (Lipinski definition) is 3. The van der Waals surface area contributed by atoms with Gasteiger partial charge in [0.15, 0.2) is 5.13 Å². The minimum Gasteiger partial charge on any atom is -0.382 e. The van der Waals surface area contributed by atoms with Gasteiger partial charge in [0, 0.05) is 23.8 Å². The van der Waals surface area contributed by atoms with E-state index in [9.17, 15) is 9.59 Å². The number of nitrogens with one attached hydrogen (secondary N) is 2. The number of likely N-dealkylation sites (N-methyl/N-ethyl adjacent to an activating group) is 1. The van der Waals surface area contributed by atoms with E-state index in [2.05, 4.69) is 27.6 Å². The molecular weight excluding hydrogens is 430 g/mol. The predicted octanol–water partition coefficient (Wildman–Crippen LogP) is 3.89. The Bertz CT molecular complexity index is 1090. The molecule has 0 saturated carbocycles. The number of anilines is 3. The van der Waals surface area contributed by atoms with Crippen molar-refractivity contribution in [3.05, 3.63) is 56.6 Å². The van der Waals surface area contributed by atoms with Crippen molar-refractivity contribution in [3.63, 3.8) is 0 Å². The SMILES string of the molecule is Cc1ccsc1C(=O)c1sc(Nc2ccc(C(=O)NCC3CCCN3C)cc2)nc1N. The smallest absolute Gasteiger partial charge is 0.251 e. The summed E-state index contributed by atoms with van der Waals surface area (Å²) in [4.78, 5) is 32.9. The molecule has 0 radical (unpaired) electrons. The molecule has 1 amide bonds. The Balaban J connectivity index is 1.38. The van der Waals surface area contributed by atoms with Gasteiger partial charge in [0.2, 0.25) is 5.78 Å². The number of rotatable bonds is 7. The fourth-order valence-corrected chi connectivity index (χ4v) is 5.42. The first-order valence-electron chi connectivity index (χ1n) is 10.1. The molecule has 1 unspecified atom stereocenters. The minimum atomic E-state index is -0.101. The summed E-state index contributed by atoms with van der Waals surface area (Å²) < 4.78 is 0. The molecule has 1 saturated heterocycles. The van der Waals surface area contributed by atoms with Crippen LogP contribution in [-0.4, -0.2) is 47.8 Å². The summed E-state index contributed by atoms with van der Waals surface area (Å²) >= 11 is 2.63. The van der Waals surface area contributed by atoms with Gasteiger partial charge in [0.25, 0.3) is 5.91 Å². The van der Waals surface area contributed by atoms with Gasteiger partial charge in [-0.2, -0.15) is 0 Å². The second kappa shape index (κ2) is 9.17. The zero-order chi connectivity index (χ0) is 22.0. The van der Waals surface area contributed by atoms with Crippen LogP contribution in [0.4, 0.5) is 16.6 Å². The fraction of sp³-hybridized carbons (Fsp3) is 0.318. The van der Waals surface area contributed by atoms with Gasteiger partial charge in [0.05, 0.1) is 4.88 Å². The molecule has 1 aliphatic rings. The van der Waals surface area contributed by atoms with Crippen molar-refractivity contribution in [2.24, 2.45) is 0 Å². The number of nitrogens with zero attached hydrogens (tertiary/aromatic N) is 2. The predicted molar refractivity (Wildman–Crippen MR) is 127 cm³/mol. The van der Waals surface area contributed by atoms with Crippen molar-refractivity contribution in [1.82, 2.24) is 15.2 Å². The Morgan fingerprint density at radius 1 is 1.23 bits per heavy atom. The average Bonchev–Trinajstić information content (AvgIpc) is 3.46. The van der Waals surface area contributed by atoms with Crippen LogP contribution in [0.5, 0.6) is 0 Å². The third kappa shape index (κ3) is 4.79. The highest BCUT2D eigenvalue weighted by molar-refractivity contribution is 7.19. The van der Waals surface area contributed by atoms with E-state index in [0.717, 1.165) is 24.2 Å². The van der Waals surface area contributed by atoms with Crippen LogP contribution < -0.4 is 16.4 Å². The summed E-state index contributed by atoms with van der Waals surface area (Å²) in [5, 5.41) is 8.62. The number of carbonyl (C=O) groups is 2. The molecule has 1 fully saturated rings. The molecule has 162 valence electrons. The Morgan fingerprint density at radius 3 is 2.65 bits per heavy atom. The molecule has 2 aromatic heterocycles. The van der Waals surface area contributed by atoms with Gasteiger partial charge in [-0.25, -0.2) is 4.98 Å². The number of ketones is 1. The lowest BCUT2D eigenvalue weighted by atomic mass is 10.1. The summed E-state index contributed by atoms with van der Waals surface area (Å²) in [5.41, 5.74) is 8.31. The first-order valence-corrected chi connectivity index (χ1v) is 11.8. The van der Waals surface area contributed by atoms with Crippen LogP contribution in [0.15, 0.2) is 35.7 Å². The van der Waals surface area contributed by atoms with Crippen molar-refractivity contribution in [2.75, 3.05) is 31.2 Å². The van der Waals surface area contributed by atoms with Crippen LogP contribution in [-0.2, 0) is 0 Å². The van der Waals surface area contributed by atoms with Crippen molar-refractivity contribution < 1.29 is 9.59 Å². The van der Waals surface area contributed by atoms with E-state index in [1.54, 1.807) is 12.1 Å². The maximum Gasteiger partial charge on any atom is 0.251 e. The molecule has 1 aromatic carbocycles. The van der Waals surface area contributed by atoms with Gasteiger partial charge in [-0.1, -0.05) is 11.3 Å². The number of nitrogens with two attached hydrogens (primary N) is 1. The van der Waals surface area contributed by atoms with Crippen molar-refractivity contribution in [3.8, 4) is 0 Å². The van der Waals surface area contributed by atoms with E-state index < -0.39 is 0 Å². The number of carbonyl (C=O) groups excluding carboxylic acids is 2. The summed E-state index contributed by atoms with van der Waals surface area (Å²) in [6.07, 6.45) is 2.30. The molecule has 1 atom stereocenters. The molecule has 4 rings (SSSR count). The van der Waals surface area contributed by atoms with Gasteiger partial charge in [-0.15, -0.1) is 11.3 Å². The normalized spacial score (nSPS) is 16.4. The lowest BCUT2D eigenvalue weighted by molar-refractivity contribution is 0.0943. The highest BCUT2D eigenvalue weighted by Crippen LogP contribution is 2.31. The van der Waals surface area contributed by atoms with Crippen LogP contribution >= 0.6 is 22.7 Å². The number of benzene rings is 1. The highest BCUT2D eigenvalue weighted by atomic mass is 32.1. The zero-order valence-electron chi connectivity index (χ0n) is 17.5. The van der Waals surface area contributed by atoms with E-state index in [4.69, 9.17) is 5.73 Å². The number of thiazole rings is 1. The molecule has 1 aliphatic heterocycles. The Hall–Kier alpha value is -2.75. The number of likely N-dealkylation sites (tertiary alicyclic amines) is 1. The summed E-state index contributed by atoms with van der Waals surface area (Å²) in [6.45, 7) is 3.65. The zero-order valence-corrected chi connectivity index (χ0v) is 19.1. The molecule has 0 aliphatic carbocycles. The largest absolute Gasteiger partial charge is 0.382 e. The lowest BCUT2D eigenvalue weighted by Crippen LogP contribution is -2.38. The third-order valence-electron chi connectivity index (χ3n) is 5.50. The molecular formula is C22H25N5O2S2. The first-order chi connectivity index (χ1) is 14.9. The quantitative estimate of drug-likeness (QED) is 0.467. The van der Waals surface area contributed by atoms with E-state index >= 15 is 0 Å². The number of aryl methyl sites for hydroxylation is 1. The van der Waals surface area contributed by atoms with E-state index in [0.29, 0.717) is 33.0 Å². The average molecular weight is 456 g/mol. The van der Waals surface area contributed by atoms with Gasteiger partial charge in [0.1, 0.15) is 10.7 Å². The number of aromatic nitrogens is 1. The second-order valence-electron chi connectivity index (χ2n) is 7.68. The Kier molecular flexibility index (Phi) is 6.35. The van der Waals surface area contributed by atoms with E-state index in [1.165, 1.54) is 29.1 Å². The molecule has 0 spiro atoms. The minimum absolute atomic E-state index is 0.0791. The van der Waals surface area contributed by atoms with Gasteiger partial charge in [-0.3, -0.25) is 9.59 Å². The number of thiophene rings is 1. The maximum atomic E-state index is 12.7. The summed E-state index contributed by atoms with van der Waals surface area (Å²) in [7, 11) is 2.09. The fourth-order valence-electron chi connectivity index (χ4n) is 3.63. The molecule has 4 N–H and O–H groups in total. The van der Waals surface area contributed by atoms with Crippen molar-refractivity contribution >= 4 is 51.0 Å². The second-order valence-corrected chi connectivity index (χ2v) is 9.60. The molecule has 3 aromatic rings. The van der Waals surface area contributed by atoms with Crippen molar-refractivity contribution in [1.29, 1.82) is 0 Å². The number of nitrogen functional groups attached to an aromatic ring is 1. The third-order valence-corrected chi connectivity index (χ3v) is 7.50. The first kappa shape index (κ1) is 21.5. The highest BCUT2D eigenvalue weighted by Gasteiger charge is 2.22. The van der Waals surface area contributed by atoms with Gasteiger partial charge in [-0.05, 0) is 74.6 Å². The van der Waals surface area contributed by atoms with Crippen molar-refractivity contribution in [2.45, 2.75) is 25.8 Å². The Morgan fingerprint density at radius 2 is 2.00 bits per heavy atom. The summed E-state index contributed by atoms with van der Waals surface area (Å²) in [6, 6.07) is 9.51. The van der Waals surface area contributed by atoms with Crippen LogP contribution in [0.2, 0.25) is 0 Å². The monoisotopic (exact) mass is 455 g/mol. The topological polar surface area (TPSA) is 100 Å². The number of amides is 1. The maximum absolute atomic E-state index is 12.7. The summed E-state index contributed by atoms with van der Waals surface area (Å²) in [5.74, 6) is 0.0400. The molecule has 9 heteroatoms. The van der Waals surface area contributed by atoms with Gasteiger partial charge < -0.3 is 21.3 Å². The van der Waals surface area contributed by atoms with E-state index in [-0.39, 0.29) is 17.5 Å². The van der Waals surface area contributed by atoms with E-state index in [1.807, 2.05) is 30.5 Å². The Labute approximate surface area is 189 Å². The molecule has 0 bridgehead atoms. The van der Waals surface area contributed by atoms with Crippen LogP contribution in [0.1, 0.15) is 43.3 Å². The van der Waals surface area contributed by atoms with Crippen LogP contribution in [0.3, 0.4) is 0 Å². The standard InChI is InChI=1S/C22H25N5O2S2/c1-13-9-11-30-18(13)17(28)19-20(23)26-22(31-19)25-15-7-5-14(6-8-15)21(29)24-12-16-4-3-10-27(16)2/h5-9,11,16H,3-4,10,12,23H2,1-2H3,(H,24,29)(H,25,26). The molecule has 7 nitrogen and oxygen atoms in total.